The number of rotatable bonds is 3. The predicted octanol–water partition coefficient (Wildman–Crippen LogP) is 3.37. The van der Waals surface area contributed by atoms with Crippen LogP contribution in [0.5, 0.6) is 11.5 Å². The Labute approximate surface area is 165 Å². The van der Waals surface area contributed by atoms with Crippen molar-refractivity contribution in [2.75, 3.05) is 33.2 Å². The Kier molecular flexibility index (Phi) is 4.96. The molecule has 0 aromatic heterocycles. The van der Waals surface area contributed by atoms with E-state index in [1.165, 1.54) is 0 Å². The summed E-state index contributed by atoms with van der Waals surface area (Å²) in [6.07, 6.45) is 1.78. The van der Waals surface area contributed by atoms with Crippen molar-refractivity contribution in [2.45, 2.75) is 20.4 Å². The molecule has 1 fully saturated rings. The molecule has 0 saturated carbocycles. The van der Waals surface area contributed by atoms with Gasteiger partial charge in [0.05, 0.1) is 11.1 Å². The molecule has 0 radical (unpaired) electrons. The second kappa shape index (κ2) is 7.41. The van der Waals surface area contributed by atoms with E-state index >= 15 is 0 Å². The first-order valence-electron chi connectivity index (χ1n) is 9.69. The van der Waals surface area contributed by atoms with E-state index in [0.29, 0.717) is 29.2 Å². The third-order valence-corrected chi connectivity index (χ3v) is 5.54. The molecule has 0 amide bonds. The zero-order valence-corrected chi connectivity index (χ0v) is 16.7. The van der Waals surface area contributed by atoms with Crippen LogP contribution in [0.1, 0.15) is 32.6 Å². The number of phenolic OH excluding ortho intramolecular Hbond substituents is 1. The molecule has 28 heavy (non-hydrogen) atoms. The highest BCUT2D eigenvalue weighted by Gasteiger charge is 2.33. The molecule has 2 aliphatic rings. The van der Waals surface area contributed by atoms with Crippen LogP contribution in [0.25, 0.3) is 6.08 Å². The minimum Gasteiger partial charge on any atom is -0.507 e. The Morgan fingerprint density at radius 2 is 1.89 bits per heavy atom. The van der Waals surface area contributed by atoms with E-state index in [2.05, 4.69) is 16.8 Å². The van der Waals surface area contributed by atoms with E-state index in [0.717, 1.165) is 42.9 Å². The van der Waals surface area contributed by atoms with E-state index in [1.807, 2.05) is 38.1 Å². The lowest BCUT2D eigenvalue weighted by atomic mass is 9.99. The Bertz CT molecular complexity index is 957. The molecular formula is C23H26N2O3. The largest absolute Gasteiger partial charge is 0.507 e. The maximum Gasteiger partial charge on any atom is 0.232 e. The van der Waals surface area contributed by atoms with Crippen molar-refractivity contribution in [3.05, 3.63) is 63.9 Å². The van der Waals surface area contributed by atoms with Gasteiger partial charge in [-0.05, 0) is 44.2 Å². The Morgan fingerprint density at radius 3 is 2.61 bits per heavy atom. The SMILES string of the molecule is Cc1cccc(/C=C2\Oc3c(CN4CCN(C)CC4)c(O)cc(C)c3C2=O)c1. The van der Waals surface area contributed by atoms with Crippen molar-refractivity contribution in [3.8, 4) is 11.5 Å². The molecule has 2 heterocycles. The van der Waals surface area contributed by atoms with Crippen LogP contribution in [-0.4, -0.2) is 53.9 Å². The van der Waals surface area contributed by atoms with Gasteiger partial charge in [0.2, 0.25) is 5.78 Å². The topological polar surface area (TPSA) is 53.0 Å². The molecular weight excluding hydrogens is 352 g/mol. The van der Waals surface area contributed by atoms with Crippen LogP contribution in [0.3, 0.4) is 0 Å². The number of carbonyl (C=O) groups is 1. The average Bonchev–Trinajstić information content (AvgIpc) is 2.97. The predicted molar refractivity (Wildman–Crippen MR) is 110 cm³/mol. The molecule has 2 aromatic carbocycles. The van der Waals surface area contributed by atoms with Gasteiger partial charge in [-0.1, -0.05) is 29.8 Å². The fourth-order valence-electron chi connectivity index (χ4n) is 3.87. The lowest BCUT2D eigenvalue weighted by Crippen LogP contribution is -2.43. The van der Waals surface area contributed by atoms with Gasteiger partial charge in [0.1, 0.15) is 11.5 Å². The summed E-state index contributed by atoms with van der Waals surface area (Å²) in [7, 11) is 2.11. The number of likely N-dealkylation sites (N-methyl/N-ethyl adjacent to an activating group) is 1. The molecule has 0 unspecified atom stereocenters. The third kappa shape index (κ3) is 3.55. The Balaban J connectivity index is 1.68. The van der Waals surface area contributed by atoms with Gasteiger partial charge in [0, 0.05) is 32.7 Å². The number of carbonyl (C=O) groups excluding carboxylic acids is 1. The second-order valence-electron chi connectivity index (χ2n) is 7.83. The number of ketones is 1. The minimum atomic E-state index is -0.117. The standard InChI is InChI=1S/C23H26N2O3/c1-15-5-4-6-17(11-15)13-20-22(27)21-16(2)12-19(26)18(23(21)28-20)14-25-9-7-24(3)8-10-25/h4-6,11-13,26H,7-10,14H2,1-3H3/b20-13-. The number of fused-ring (bicyclic) bond motifs is 1. The number of Topliss-reactive ketones (excluding diaryl/α,β-unsaturated/α-hetero) is 1. The van der Waals surface area contributed by atoms with Crippen LogP contribution >= 0.6 is 0 Å². The number of piperazine rings is 1. The van der Waals surface area contributed by atoms with Gasteiger partial charge in [-0.2, -0.15) is 0 Å². The van der Waals surface area contributed by atoms with Gasteiger partial charge in [-0.3, -0.25) is 9.69 Å². The van der Waals surface area contributed by atoms with Crippen molar-refractivity contribution >= 4 is 11.9 Å². The normalized spacial score (nSPS) is 19.1. The minimum absolute atomic E-state index is 0.117. The number of nitrogens with zero attached hydrogens (tertiary/aromatic N) is 2. The summed E-state index contributed by atoms with van der Waals surface area (Å²) < 4.78 is 6.03. The number of aromatic hydroxyl groups is 1. The maximum atomic E-state index is 13.0. The first-order valence-corrected chi connectivity index (χ1v) is 9.69. The number of ether oxygens (including phenoxy) is 1. The van der Waals surface area contributed by atoms with Crippen LogP contribution in [0.4, 0.5) is 0 Å². The van der Waals surface area contributed by atoms with Gasteiger partial charge in [0.25, 0.3) is 0 Å². The van der Waals surface area contributed by atoms with Gasteiger partial charge in [0.15, 0.2) is 5.76 Å². The summed E-state index contributed by atoms with van der Waals surface area (Å²) >= 11 is 0. The Hall–Kier alpha value is -2.63. The molecule has 1 saturated heterocycles. The molecule has 2 aliphatic heterocycles. The number of hydrogen-bond donors (Lipinski definition) is 1. The van der Waals surface area contributed by atoms with Gasteiger partial charge in [-0.25, -0.2) is 0 Å². The Morgan fingerprint density at radius 1 is 1.14 bits per heavy atom. The second-order valence-corrected chi connectivity index (χ2v) is 7.83. The molecule has 5 heteroatoms. The zero-order valence-electron chi connectivity index (χ0n) is 16.7. The highest BCUT2D eigenvalue weighted by atomic mass is 16.5. The van der Waals surface area contributed by atoms with Crippen molar-refractivity contribution < 1.29 is 14.6 Å². The summed E-state index contributed by atoms with van der Waals surface area (Å²) in [5.74, 6) is 0.905. The van der Waals surface area contributed by atoms with Crippen LogP contribution in [0.15, 0.2) is 36.1 Å². The van der Waals surface area contributed by atoms with Gasteiger partial charge < -0.3 is 14.7 Å². The molecule has 0 bridgehead atoms. The van der Waals surface area contributed by atoms with Crippen molar-refractivity contribution in [1.29, 1.82) is 0 Å². The number of hydrogen-bond acceptors (Lipinski definition) is 5. The van der Waals surface area contributed by atoms with Crippen LogP contribution in [0.2, 0.25) is 0 Å². The summed E-state index contributed by atoms with van der Waals surface area (Å²) in [6, 6.07) is 9.63. The number of aryl methyl sites for hydroxylation is 2. The molecule has 0 spiro atoms. The lowest BCUT2D eigenvalue weighted by molar-refractivity contribution is 0.101. The van der Waals surface area contributed by atoms with Crippen LogP contribution in [-0.2, 0) is 6.54 Å². The molecule has 1 N–H and O–H groups in total. The van der Waals surface area contributed by atoms with E-state index in [9.17, 15) is 9.90 Å². The van der Waals surface area contributed by atoms with Crippen LogP contribution in [0, 0.1) is 13.8 Å². The first kappa shape index (κ1) is 18.7. The maximum absolute atomic E-state index is 13.0. The van der Waals surface area contributed by atoms with Gasteiger partial charge >= 0.3 is 0 Å². The zero-order chi connectivity index (χ0) is 19.8. The molecule has 0 atom stereocenters. The van der Waals surface area contributed by atoms with Crippen molar-refractivity contribution in [2.24, 2.45) is 0 Å². The van der Waals surface area contributed by atoms with Gasteiger partial charge in [-0.15, -0.1) is 0 Å². The average molecular weight is 378 g/mol. The van der Waals surface area contributed by atoms with E-state index < -0.39 is 0 Å². The summed E-state index contributed by atoms with van der Waals surface area (Å²) in [5, 5.41) is 10.6. The summed E-state index contributed by atoms with van der Waals surface area (Å²) in [4.78, 5) is 17.6. The fourth-order valence-corrected chi connectivity index (χ4v) is 3.87. The highest BCUT2D eigenvalue weighted by molar-refractivity contribution is 6.15. The summed E-state index contributed by atoms with van der Waals surface area (Å²) in [5.41, 5.74) is 4.07. The highest BCUT2D eigenvalue weighted by Crippen LogP contribution is 2.42. The summed E-state index contributed by atoms with van der Waals surface area (Å²) in [6.45, 7) is 8.28. The third-order valence-electron chi connectivity index (χ3n) is 5.54. The number of benzene rings is 2. The number of allylic oxidation sites excluding steroid dienone is 1. The van der Waals surface area contributed by atoms with Crippen LogP contribution < -0.4 is 4.74 Å². The molecule has 0 aliphatic carbocycles. The first-order chi connectivity index (χ1) is 13.4. The van der Waals surface area contributed by atoms with Crippen molar-refractivity contribution in [1.82, 2.24) is 9.80 Å². The van der Waals surface area contributed by atoms with E-state index in [-0.39, 0.29) is 11.5 Å². The molecule has 2 aromatic rings. The monoisotopic (exact) mass is 378 g/mol. The molecule has 4 rings (SSSR count). The smallest absolute Gasteiger partial charge is 0.232 e. The fraction of sp³-hybridized carbons (Fsp3) is 0.348. The quantitative estimate of drug-likeness (QED) is 0.830. The van der Waals surface area contributed by atoms with E-state index in [4.69, 9.17) is 4.74 Å². The number of phenols is 1. The van der Waals surface area contributed by atoms with E-state index in [1.54, 1.807) is 12.1 Å². The van der Waals surface area contributed by atoms with Crippen molar-refractivity contribution in [3.63, 3.8) is 0 Å². The molecule has 5 nitrogen and oxygen atoms in total. The lowest BCUT2D eigenvalue weighted by Gasteiger charge is -2.32. The molecule has 146 valence electrons.